The van der Waals surface area contributed by atoms with E-state index in [2.05, 4.69) is 265 Å². The van der Waals surface area contributed by atoms with E-state index in [1.54, 1.807) is 0 Å². The molecule has 0 aliphatic carbocycles. The number of thiophene rings is 2. The molecule has 0 N–H and O–H groups in total. The molecule has 320 valence electrons. The van der Waals surface area contributed by atoms with Gasteiger partial charge in [0.25, 0.3) is 0 Å². The Morgan fingerprint density at radius 1 is 0.221 bits per heavy atom. The molecule has 13 aromatic rings. The van der Waals surface area contributed by atoms with Crippen molar-refractivity contribution in [2.45, 2.75) is 0 Å². The van der Waals surface area contributed by atoms with Gasteiger partial charge in [0.15, 0.2) is 0 Å². The van der Waals surface area contributed by atoms with Gasteiger partial charge >= 0.3 is 0 Å². The second-order valence-corrected chi connectivity index (χ2v) is 19.5. The van der Waals surface area contributed by atoms with Gasteiger partial charge in [-0.1, -0.05) is 152 Å². The molecular weight excluding hydrogens is 861 g/mol. The number of nitrogens with zero attached hydrogens (tertiary/aromatic N) is 2. The Balaban J connectivity index is 1.02. The zero-order valence-corrected chi connectivity index (χ0v) is 38.6. The van der Waals surface area contributed by atoms with Crippen molar-refractivity contribution in [3.05, 3.63) is 255 Å². The monoisotopic (exact) mass is 902 g/mol. The quantitative estimate of drug-likeness (QED) is 0.142. The number of hydrogen-bond donors (Lipinski definition) is 0. The third-order valence-electron chi connectivity index (χ3n) is 13.2. The van der Waals surface area contributed by atoms with Crippen LogP contribution in [0.2, 0.25) is 0 Å². The normalized spacial score (nSPS) is 11.5. The maximum Gasteiger partial charge on any atom is 0.0473 e. The maximum atomic E-state index is 2.46. The molecule has 68 heavy (non-hydrogen) atoms. The van der Waals surface area contributed by atoms with Crippen molar-refractivity contribution in [2.75, 3.05) is 9.80 Å². The molecule has 2 nitrogen and oxygen atoms in total. The number of hydrogen-bond acceptors (Lipinski definition) is 4. The highest BCUT2D eigenvalue weighted by Gasteiger charge is 2.20. The van der Waals surface area contributed by atoms with Crippen LogP contribution in [-0.4, -0.2) is 0 Å². The summed E-state index contributed by atoms with van der Waals surface area (Å²) in [5.41, 5.74) is 13.6. The molecule has 2 heterocycles. The Labute approximate surface area is 403 Å². The largest absolute Gasteiger partial charge is 0.311 e. The van der Waals surface area contributed by atoms with Crippen LogP contribution in [0.15, 0.2) is 255 Å². The van der Waals surface area contributed by atoms with Crippen LogP contribution in [0.5, 0.6) is 0 Å². The van der Waals surface area contributed by atoms with E-state index in [1.807, 2.05) is 22.7 Å². The smallest absolute Gasteiger partial charge is 0.0473 e. The van der Waals surface area contributed by atoms with E-state index in [9.17, 15) is 0 Å². The number of anilines is 6. The topological polar surface area (TPSA) is 6.48 Å². The van der Waals surface area contributed by atoms with Gasteiger partial charge in [-0.15, -0.1) is 22.7 Å². The van der Waals surface area contributed by atoms with Gasteiger partial charge < -0.3 is 9.80 Å². The Morgan fingerprint density at radius 3 is 1.49 bits per heavy atom. The van der Waals surface area contributed by atoms with E-state index >= 15 is 0 Å². The molecular formula is C64H42N2S2. The number of benzene rings is 11. The van der Waals surface area contributed by atoms with Crippen LogP contribution in [0.25, 0.3) is 84.5 Å². The van der Waals surface area contributed by atoms with Crippen LogP contribution in [0.1, 0.15) is 0 Å². The van der Waals surface area contributed by atoms with Crippen molar-refractivity contribution in [3.8, 4) is 33.4 Å². The predicted molar refractivity (Wildman–Crippen MR) is 295 cm³/mol. The van der Waals surface area contributed by atoms with Crippen LogP contribution in [0.4, 0.5) is 34.1 Å². The molecule has 4 heteroatoms. The van der Waals surface area contributed by atoms with Crippen molar-refractivity contribution in [1.82, 2.24) is 0 Å². The third-order valence-corrected chi connectivity index (χ3v) is 15.6. The van der Waals surface area contributed by atoms with Gasteiger partial charge in [0.05, 0.1) is 0 Å². The van der Waals surface area contributed by atoms with Crippen LogP contribution < -0.4 is 9.80 Å². The lowest BCUT2D eigenvalue weighted by Gasteiger charge is -2.28. The van der Waals surface area contributed by atoms with Crippen LogP contribution >= 0.6 is 22.7 Å². The number of fused-ring (bicyclic) bond motifs is 8. The molecule has 0 fully saturated rings. The van der Waals surface area contributed by atoms with E-state index in [-0.39, 0.29) is 0 Å². The maximum absolute atomic E-state index is 2.46. The summed E-state index contributed by atoms with van der Waals surface area (Å²) in [4.78, 5) is 4.78. The average molecular weight is 903 g/mol. The Hall–Kier alpha value is -8.28. The summed E-state index contributed by atoms with van der Waals surface area (Å²) in [6.45, 7) is 0. The number of para-hydroxylation sites is 2. The lowest BCUT2D eigenvalue weighted by molar-refractivity contribution is 1.28. The lowest BCUT2D eigenvalue weighted by atomic mass is 9.95. The highest BCUT2D eigenvalue weighted by molar-refractivity contribution is 7.26. The third kappa shape index (κ3) is 7.19. The van der Waals surface area contributed by atoms with Crippen molar-refractivity contribution in [2.24, 2.45) is 0 Å². The summed E-state index contributed by atoms with van der Waals surface area (Å²) >= 11 is 3.74. The van der Waals surface area contributed by atoms with Crippen molar-refractivity contribution in [1.29, 1.82) is 0 Å². The Morgan fingerprint density at radius 2 is 0.706 bits per heavy atom. The van der Waals surface area contributed by atoms with E-state index in [0.29, 0.717) is 0 Å². The van der Waals surface area contributed by atoms with Crippen molar-refractivity contribution in [3.63, 3.8) is 0 Å². The van der Waals surface area contributed by atoms with Gasteiger partial charge in [0.1, 0.15) is 0 Å². The van der Waals surface area contributed by atoms with E-state index in [1.165, 1.54) is 67.8 Å². The van der Waals surface area contributed by atoms with Gasteiger partial charge in [-0.3, -0.25) is 0 Å². The lowest BCUT2D eigenvalue weighted by Crippen LogP contribution is -2.10. The minimum absolute atomic E-state index is 1.09. The minimum Gasteiger partial charge on any atom is -0.311 e. The van der Waals surface area contributed by atoms with Gasteiger partial charge in [0.2, 0.25) is 0 Å². The first-order valence-electron chi connectivity index (χ1n) is 23.1. The van der Waals surface area contributed by atoms with Gasteiger partial charge in [-0.05, 0) is 147 Å². The molecule has 0 saturated heterocycles. The summed E-state index contributed by atoms with van der Waals surface area (Å²) in [5.74, 6) is 0. The predicted octanol–water partition coefficient (Wildman–Crippen LogP) is 19.5. The Kier molecular flexibility index (Phi) is 9.93. The fourth-order valence-corrected chi connectivity index (χ4v) is 12.2. The molecule has 13 rings (SSSR count). The molecule has 0 saturated carbocycles. The van der Waals surface area contributed by atoms with Crippen molar-refractivity contribution >= 4 is 108 Å². The van der Waals surface area contributed by atoms with E-state index in [0.717, 1.165) is 50.8 Å². The Bertz CT molecular complexity index is 3930. The molecule has 0 unspecified atom stereocenters. The summed E-state index contributed by atoms with van der Waals surface area (Å²) in [6, 6.07) is 93.3. The van der Waals surface area contributed by atoms with E-state index in [4.69, 9.17) is 0 Å². The second-order valence-electron chi connectivity index (χ2n) is 17.3. The summed E-state index contributed by atoms with van der Waals surface area (Å²) in [5, 5.41) is 7.72. The second kappa shape index (κ2) is 16.9. The summed E-state index contributed by atoms with van der Waals surface area (Å²) in [6.07, 6.45) is 0. The van der Waals surface area contributed by atoms with Gasteiger partial charge in [-0.25, -0.2) is 0 Å². The highest BCUT2D eigenvalue weighted by atomic mass is 32.1. The van der Waals surface area contributed by atoms with E-state index < -0.39 is 0 Å². The molecule has 2 aromatic heterocycles. The first-order chi connectivity index (χ1) is 33.7. The highest BCUT2D eigenvalue weighted by Crippen LogP contribution is 2.46. The zero-order chi connectivity index (χ0) is 45.0. The molecule has 0 amide bonds. The van der Waals surface area contributed by atoms with Gasteiger partial charge in [-0.2, -0.15) is 0 Å². The molecule has 0 aliphatic rings. The molecule has 0 bridgehead atoms. The fraction of sp³-hybridized carbons (Fsp3) is 0. The SMILES string of the molecule is c1ccc(-c2cccc(N(c3cc(-c4ccc(N(c5ccccc5)c5ccccc5)cc4)cc(-c4ccc5sc6c7ccccc7ccc6c5c4)c3)c3ccc4sc5ccccc5c4c3)c2)cc1. The molecule has 0 radical (unpaired) electrons. The van der Waals surface area contributed by atoms with Crippen LogP contribution in [-0.2, 0) is 0 Å². The van der Waals surface area contributed by atoms with Gasteiger partial charge in [0, 0.05) is 74.5 Å². The van der Waals surface area contributed by atoms with Crippen LogP contribution in [0.3, 0.4) is 0 Å². The molecule has 0 aliphatic heterocycles. The first kappa shape index (κ1) is 40.0. The molecule has 0 atom stereocenters. The van der Waals surface area contributed by atoms with Crippen LogP contribution in [0, 0.1) is 0 Å². The molecule has 11 aromatic carbocycles. The molecule has 0 spiro atoms. The number of rotatable bonds is 9. The standard InChI is InChI=1S/C64H42N2S2/c1-4-15-43(16-5-1)46-18-14-23-53(38-46)66(54-33-36-62-60(42-54)57-25-12-13-26-61(57)67-62)55-39-48(44-27-31-52(32-28-44)65(50-19-6-2-7-20-50)51-21-8-3-9-22-51)37-49(40-55)47-30-35-63-59(41-47)58-34-29-45-17-10-11-24-56(45)64(58)68-63/h1-42H. The summed E-state index contributed by atoms with van der Waals surface area (Å²) in [7, 11) is 0. The average Bonchev–Trinajstić information content (AvgIpc) is 3.98. The fourth-order valence-electron chi connectivity index (χ4n) is 9.92. The first-order valence-corrected chi connectivity index (χ1v) is 24.7. The zero-order valence-electron chi connectivity index (χ0n) is 37.0. The summed E-state index contributed by atoms with van der Waals surface area (Å²) < 4.78 is 5.22. The van der Waals surface area contributed by atoms with Crippen molar-refractivity contribution < 1.29 is 0 Å². The minimum atomic E-state index is 1.09.